The van der Waals surface area contributed by atoms with Crippen LogP contribution in [0.15, 0.2) is 41.3 Å². The molecular formula is C18H13ClF4N2O3S. The maximum atomic E-state index is 14.3. The lowest BCUT2D eigenvalue weighted by Gasteiger charge is -2.08. The Morgan fingerprint density at radius 2 is 1.76 bits per heavy atom. The van der Waals surface area contributed by atoms with E-state index < -0.39 is 32.6 Å². The molecule has 0 amide bonds. The van der Waals surface area contributed by atoms with Gasteiger partial charge < -0.3 is 9.72 Å². The number of aromatic nitrogens is 2. The van der Waals surface area contributed by atoms with Crippen LogP contribution in [0.1, 0.15) is 5.82 Å². The second kappa shape index (κ2) is 7.34. The van der Waals surface area contributed by atoms with Crippen LogP contribution in [0.25, 0.3) is 22.5 Å². The number of nitrogens with one attached hydrogen (secondary N) is 1. The first-order chi connectivity index (χ1) is 13.4. The number of methoxy groups -OCH3 is 1. The number of alkyl halides is 3. The molecule has 0 atom stereocenters. The van der Waals surface area contributed by atoms with Gasteiger partial charge in [-0.25, -0.2) is 17.8 Å². The van der Waals surface area contributed by atoms with Crippen molar-refractivity contribution in [1.29, 1.82) is 0 Å². The number of nitrogens with zero attached hydrogens (tertiary/aromatic N) is 1. The van der Waals surface area contributed by atoms with Gasteiger partial charge in [-0.2, -0.15) is 13.2 Å². The molecule has 0 unspecified atom stereocenters. The number of halogens is 5. The molecule has 154 valence electrons. The molecule has 3 rings (SSSR count). The summed E-state index contributed by atoms with van der Waals surface area (Å²) in [4.78, 5) is 5.18. The van der Waals surface area contributed by atoms with E-state index in [1.54, 1.807) is 0 Å². The Balaban J connectivity index is 2.22. The molecule has 1 heterocycles. The summed E-state index contributed by atoms with van der Waals surface area (Å²) >= 11 is 6.06. The Bertz CT molecular complexity index is 1190. The standard InChI is InChI=1S/C18H13ClF4N2O3S/c1-28-13-5-3-9(7-11(13)19)15-16(25-17(24-15)18(21,22)23)10-4-6-14(12(20)8-10)29(2,26)27/h3-8H,1-2H3,(H,24,25). The van der Waals surface area contributed by atoms with E-state index in [1.165, 1.54) is 31.4 Å². The summed E-state index contributed by atoms with van der Waals surface area (Å²) in [5, 5.41) is 0.151. The molecule has 1 N–H and O–H groups in total. The number of rotatable bonds is 4. The lowest BCUT2D eigenvalue weighted by molar-refractivity contribution is -0.144. The predicted molar refractivity (Wildman–Crippen MR) is 99.1 cm³/mol. The number of ether oxygens (including phenoxy) is 1. The van der Waals surface area contributed by atoms with Gasteiger partial charge in [0.15, 0.2) is 9.84 Å². The van der Waals surface area contributed by atoms with Gasteiger partial charge in [0.2, 0.25) is 5.82 Å². The minimum absolute atomic E-state index is 0.0383. The van der Waals surface area contributed by atoms with Gasteiger partial charge >= 0.3 is 6.18 Å². The molecular weight excluding hydrogens is 436 g/mol. The lowest BCUT2D eigenvalue weighted by atomic mass is 10.0. The second-order valence-corrected chi connectivity index (χ2v) is 8.46. The van der Waals surface area contributed by atoms with Gasteiger partial charge in [0.05, 0.1) is 23.5 Å². The largest absolute Gasteiger partial charge is 0.495 e. The average molecular weight is 449 g/mol. The maximum Gasteiger partial charge on any atom is 0.449 e. The van der Waals surface area contributed by atoms with Crippen LogP contribution in [0.3, 0.4) is 0 Å². The van der Waals surface area contributed by atoms with E-state index >= 15 is 0 Å². The first-order valence-corrected chi connectivity index (χ1v) is 10.2. The zero-order valence-corrected chi connectivity index (χ0v) is 16.5. The number of sulfone groups is 1. The molecule has 0 radical (unpaired) electrons. The van der Waals surface area contributed by atoms with Crippen molar-refractivity contribution in [3.8, 4) is 28.3 Å². The van der Waals surface area contributed by atoms with Gasteiger partial charge in [0.25, 0.3) is 0 Å². The molecule has 0 bridgehead atoms. The fourth-order valence-electron chi connectivity index (χ4n) is 2.70. The summed E-state index contributed by atoms with van der Waals surface area (Å²) < 4.78 is 82.1. The third kappa shape index (κ3) is 4.23. The van der Waals surface area contributed by atoms with Crippen molar-refractivity contribution in [2.24, 2.45) is 0 Å². The molecule has 0 aliphatic rings. The van der Waals surface area contributed by atoms with Crippen LogP contribution < -0.4 is 4.74 Å². The maximum absolute atomic E-state index is 14.3. The summed E-state index contributed by atoms with van der Waals surface area (Å²) in [5.41, 5.74) is -0.0594. The number of hydrogen-bond donors (Lipinski definition) is 1. The fraction of sp³-hybridized carbons (Fsp3) is 0.167. The highest BCUT2D eigenvalue weighted by atomic mass is 35.5. The molecule has 11 heteroatoms. The number of imidazole rings is 1. The van der Waals surface area contributed by atoms with E-state index in [1.807, 2.05) is 0 Å². The lowest BCUT2D eigenvalue weighted by Crippen LogP contribution is -2.07. The van der Waals surface area contributed by atoms with Crippen molar-refractivity contribution >= 4 is 21.4 Å². The molecule has 0 aliphatic heterocycles. The van der Waals surface area contributed by atoms with Crippen molar-refractivity contribution in [3.05, 3.63) is 53.1 Å². The average Bonchev–Trinajstić information content (AvgIpc) is 3.06. The Labute approximate surface area is 168 Å². The molecule has 5 nitrogen and oxygen atoms in total. The van der Waals surface area contributed by atoms with E-state index in [-0.39, 0.29) is 27.5 Å². The zero-order chi connectivity index (χ0) is 21.6. The molecule has 0 saturated carbocycles. The van der Waals surface area contributed by atoms with Crippen LogP contribution in [0.2, 0.25) is 5.02 Å². The minimum atomic E-state index is -4.78. The van der Waals surface area contributed by atoms with Crippen molar-refractivity contribution in [3.63, 3.8) is 0 Å². The molecule has 1 aromatic heterocycles. The van der Waals surface area contributed by atoms with Crippen LogP contribution in [0, 0.1) is 5.82 Å². The van der Waals surface area contributed by atoms with Gasteiger partial charge in [-0.1, -0.05) is 17.7 Å². The normalized spacial score (nSPS) is 12.2. The van der Waals surface area contributed by atoms with Crippen LogP contribution in [0.5, 0.6) is 5.75 Å². The van der Waals surface area contributed by atoms with Gasteiger partial charge in [-0.05, 0) is 30.3 Å². The van der Waals surface area contributed by atoms with Gasteiger partial charge in [-0.15, -0.1) is 0 Å². The first-order valence-electron chi connectivity index (χ1n) is 7.93. The minimum Gasteiger partial charge on any atom is -0.495 e. The Hall–Kier alpha value is -2.59. The summed E-state index contributed by atoms with van der Waals surface area (Å²) in [6.07, 6.45) is -3.96. The third-order valence-corrected chi connectivity index (χ3v) is 5.44. The predicted octanol–water partition coefficient (Wildman–Crippen LogP) is 4.97. The number of hydrogen-bond acceptors (Lipinski definition) is 4. The van der Waals surface area contributed by atoms with Gasteiger partial charge in [0, 0.05) is 17.4 Å². The van der Waals surface area contributed by atoms with E-state index in [0.717, 1.165) is 18.4 Å². The van der Waals surface area contributed by atoms with Gasteiger partial charge in [0.1, 0.15) is 16.5 Å². The number of H-pyrrole nitrogens is 1. The van der Waals surface area contributed by atoms with Crippen molar-refractivity contribution < 1.29 is 30.7 Å². The van der Waals surface area contributed by atoms with Crippen LogP contribution in [-0.4, -0.2) is 31.8 Å². The molecule has 0 saturated heterocycles. The quantitative estimate of drug-likeness (QED) is 0.572. The topological polar surface area (TPSA) is 72.0 Å². The Kier molecular flexibility index (Phi) is 5.35. The summed E-state index contributed by atoms with van der Waals surface area (Å²) in [6.45, 7) is 0. The van der Waals surface area contributed by atoms with Crippen LogP contribution in [-0.2, 0) is 16.0 Å². The van der Waals surface area contributed by atoms with E-state index in [0.29, 0.717) is 5.75 Å². The molecule has 0 fully saturated rings. The number of benzene rings is 2. The molecule has 2 aromatic carbocycles. The summed E-state index contributed by atoms with van der Waals surface area (Å²) in [6, 6.07) is 7.28. The summed E-state index contributed by atoms with van der Waals surface area (Å²) in [5.74, 6) is -2.07. The van der Waals surface area contributed by atoms with Crippen molar-refractivity contribution in [2.45, 2.75) is 11.1 Å². The van der Waals surface area contributed by atoms with E-state index in [9.17, 15) is 26.0 Å². The van der Waals surface area contributed by atoms with Crippen LogP contribution >= 0.6 is 11.6 Å². The summed E-state index contributed by atoms with van der Waals surface area (Å²) in [7, 11) is -2.46. The molecule has 29 heavy (non-hydrogen) atoms. The van der Waals surface area contributed by atoms with Crippen LogP contribution in [0.4, 0.5) is 17.6 Å². The highest BCUT2D eigenvalue weighted by Gasteiger charge is 2.36. The molecule has 0 aliphatic carbocycles. The Morgan fingerprint density at radius 1 is 1.10 bits per heavy atom. The zero-order valence-electron chi connectivity index (χ0n) is 14.9. The monoisotopic (exact) mass is 448 g/mol. The second-order valence-electron chi connectivity index (χ2n) is 6.07. The fourth-order valence-corrected chi connectivity index (χ4v) is 3.68. The highest BCUT2D eigenvalue weighted by Crippen LogP contribution is 2.38. The van der Waals surface area contributed by atoms with E-state index in [2.05, 4.69) is 9.97 Å². The van der Waals surface area contributed by atoms with Gasteiger partial charge in [-0.3, -0.25) is 0 Å². The molecule has 3 aromatic rings. The Morgan fingerprint density at radius 3 is 2.28 bits per heavy atom. The number of aromatic amines is 1. The smallest absolute Gasteiger partial charge is 0.449 e. The SMILES string of the molecule is COc1ccc(-c2[nH]c(C(F)(F)F)nc2-c2ccc(S(C)(=O)=O)c(F)c2)cc1Cl. The molecule has 0 spiro atoms. The van der Waals surface area contributed by atoms with Crippen molar-refractivity contribution in [1.82, 2.24) is 9.97 Å². The highest BCUT2D eigenvalue weighted by molar-refractivity contribution is 7.90. The first kappa shape index (κ1) is 21.1. The van der Waals surface area contributed by atoms with Crippen molar-refractivity contribution in [2.75, 3.05) is 13.4 Å². The van der Waals surface area contributed by atoms with E-state index in [4.69, 9.17) is 16.3 Å². The third-order valence-electron chi connectivity index (χ3n) is 4.02.